The van der Waals surface area contributed by atoms with Crippen LogP contribution in [0.2, 0.25) is 35.7 Å². The van der Waals surface area contributed by atoms with Crippen molar-refractivity contribution in [2.24, 2.45) is 0 Å². The molecule has 0 fully saturated rings. The minimum absolute atomic E-state index is 0.0381. The Morgan fingerprint density at radius 1 is 1.09 bits per heavy atom. The number of ether oxygens (including phenoxy) is 1. The number of benzene rings is 1. The van der Waals surface area contributed by atoms with Crippen molar-refractivity contribution >= 4 is 42.4 Å². The second-order valence-electron chi connectivity index (χ2n) is 8.79. The van der Waals surface area contributed by atoms with Gasteiger partial charge in [0, 0.05) is 31.6 Å². The molecule has 3 heterocycles. The molecule has 0 saturated heterocycles. The molecule has 0 unspecified atom stereocenters. The Morgan fingerprint density at radius 3 is 2.48 bits per heavy atom. The van der Waals surface area contributed by atoms with E-state index in [0.717, 1.165) is 6.04 Å². The van der Waals surface area contributed by atoms with Crippen molar-refractivity contribution in [1.29, 1.82) is 0 Å². The molecular weight excluding hydrogens is 481 g/mol. The number of fused-ring (bicyclic) bond motifs is 1. The van der Waals surface area contributed by atoms with Crippen LogP contribution in [0.25, 0.3) is 28.4 Å². The molecule has 0 saturated carbocycles. The standard InChI is InChI=1S/C22H23Cl2N5O3Si/c1-33(2,3)12-11-32-13-28-20-18(21(30)27-22(28)31)29(15-8-6-14(23)7-9-15)19(26-20)17-16(24)5-4-10-25-17/h4-10H,11-13H2,1-3H3,(H,27,30,31). The minimum Gasteiger partial charge on any atom is -0.361 e. The Kier molecular flexibility index (Phi) is 6.58. The monoisotopic (exact) mass is 503 g/mol. The zero-order valence-electron chi connectivity index (χ0n) is 18.4. The maximum Gasteiger partial charge on any atom is 0.332 e. The van der Waals surface area contributed by atoms with E-state index in [0.29, 0.717) is 33.9 Å². The van der Waals surface area contributed by atoms with Crippen molar-refractivity contribution in [3.05, 3.63) is 73.5 Å². The molecule has 0 amide bonds. The second kappa shape index (κ2) is 9.26. The molecule has 3 aromatic heterocycles. The summed E-state index contributed by atoms with van der Waals surface area (Å²) >= 11 is 12.5. The van der Waals surface area contributed by atoms with Gasteiger partial charge in [-0.1, -0.05) is 42.8 Å². The molecule has 0 radical (unpaired) electrons. The fraction of sp³-hybridized carbons (Fsp3) is 0.273. The Hall–Kier alpha value is -2.72. The molecule has 0 aliphatic rings. The lowest BCUT2D eigenvalue weighted by Crippen LogP contribution is -2.32. The fourth-order valence-corrected chi connectivity index (χ4v) is 4.41. The SMILES string of the molecule is C[Si](C)(C)CCOCn1c(=O)[nH]c(=O)c2c1nc(-c1ncccc1Cl)n2-c1ccc(Cl)cc1. The largest absolute Gasteiger partial charge is 0.361 e. The number of nitrogens with one attached hydrogen (secondary N) is 1. The number of H-pyrrole nitrogens is 1. The summed E-state index contributed by atoms with van der Waals surface area (Å²) in [7, 11) is -1.30. The van der Waals surface area contributed by atoms with Gasteiger partial charge < -0.3 is 4.74 Å². The summed E-state index contributed by atoms with van der Waals surface area (Å²) in [6, 6.07) is 11.3. The third-order valence-electron chi connectivity index (χ3n) is 5.07. The van der Waals surface area contributed by atoms with Gasteiger partial charge in [-0.2, -0.15) is 0 Å². The van der Waals surface area contributed by atoms with Crippen LogP contribution < -0.4 is 11.2 Å². The Labute approximate surface area is 200 Å². The predicted molar refractivity (Wildman–Crippen MR) is 133 cm³/mol. The van der Waals surface area contributed by atoms with Crippen LogP contribution in [0.4, 0.5) is 0 Å². The van der Waals surface area contributed by atoms with Crippen molar-refractivity contribution in [3.8, 4) is 17.2 Å². The van der Waals surface area contributed by atoms with Crippen LogP contribution in [0.1, 0.15) is 0 Å². The topological polar surface area (TPSA) is 94.8 Å². The molecule has 33 heavy (non-hydrogen) atoms. The second-order valence-corrected chi connectivity index (χ2v) is 15.3. The van der Waals surface area contributed by atoms with Crippen molar-refractivity contribution in [2.45, 2.75) is 32.4 Å². The lowest BCUT2D eigenvalue weighted by Gasteiger charge is -2.15. The van der Waals surface area contributed by atoms with Crippen molar-refractivity contribution in [1.82, 2.24) is 24.1 Å². The summed E-state index contributed by atoms with van der Waals surface area (Å²) in [4.78, 5) is 37.0. The molecule has 11 heteroatoms. The van der Waals surface area contributed by atoms with Crippen LogP contribution in [-0.4, -0.2) is 38.8 Å². The summed E-state index contributed by atoms with van der Waals surface area (Å²) < 4.78 is 8.73. The van der Waals surface area contributed by atoms with E-state index in [4.69, 9.17) is 27.9 Å². The average molecular weight is 504 g/mol. The maximum atomic E-state index is 13.0. The van der Waals surface area contributed by atoms with Gasteiger partial charge in [-0.05, 0) is 42.4 Å². The van der Waals surface area contributed by atoms with Gasteiger partial charge in [-0.15, -0.1) is 0 Å². The molecule has 1 aromatic carbocycles. The molecule has 172 valence electrons. The van der Waals surface area contributed by atoms with Crippen LogP contribution in [0, 0.1) is 0 Å². The van der Waals surface area contributed by atoms with Gasteiger partial charge in [0.15, 0.2) is 17.0 Å². The Balaban J connectivity index is 1.93. The lowest BCUT2D eigenvalue weighted by atomic mass is 10.3. The summed E-state index contributed by atoms with van der Waals surface area (Å²) in [5.74, 6) is 0.324. The number of rotatable bonds is 7. The Morgan fingerprint density at radius 2 is 1.82 bits per heavy atom. The molecule has 0 aliphatic heterocycles. The van der Waals surface area contributed by atoms with Crippen LogP contribution in [0.15, 0.2) is 52.2 Å². The van der Waals surface area contributed by atoms with Crippen LogP contribution in [-0.2, 0) is 11.5 Å². The molecule has 0 atom stereocenters. The summed E-state index contributed by atoms with van der Waals surface area (Å²) in [5.41, 5.74) is 0.192. The number of aromatic nitrogens is 5. The molecule has 1 N–H and O–H groups in total. The van der Waals surface area contributed by atoms with Crippen LogP contribution >= 0.6 is 23.2 Å². The van der Waals surface area contributed by atoms with Gasteiger partial charge >= 0.3 is 5.69 Å². The summed E-state index contributed by atoms with van der Waals surface area (Å²) in [5, 5.41) is 0.905. The van der Waals surface area contributed by atoms with Gasteiger partial charge in [-0.25, -0.2) is 9.78 Å². The van der Waals surface area contributed by atoms with E-state index in [-0.39, 0.29) is 17.9 Å². The zero-order valence-corrected chi connectivity index (χ0v) is 20.9. The minimum atomic E-state index is -1.30. The van der Waals surface area contributed by atoms with Crippen LogP contribution in [0.3, 0.4) is 0 Å². The van der Waals surface area contributed by atoms with Gasteiger partial charge in [-0.3, -0.25) is 23.9 Å². The summed E-state index contributed by atoms with van der Waals surface area (Å²) in [6.45, 7) is 7.22. The van der Waals surface area contributed by atoms with Crippen molar-refractivity contribution < 1.29 is 4.74 Å². The van der Waals surface area contributed by atoms with Gasteiger partial charge in [0.25, 0.3) is 5.56 Å². The highest BCUT2D eigenvalue weighted by Gasteiger charge is 2.23. The third kappa shape index (κ3) is 4.96. The van der Waals surface area contributed by atoms with Gasteiger partial charge in [0.2, 0.25) is 0 Å². The fourth-order valence-electron chi connectivity index (χ4n) is 3.33. The molecular formula is C22H23Cl2N5O3Si. The number of pyridine rings is 1. The van der Waals surface area contributed by atoms with E-state index in [1.54, 1.807) is 47.2 Å². The maximum absolute atomic E-state index is 13.0. The number of aromatic amines is 1. The predicted octanol–water partition coefficient (Wildman–Crippen LogP) is 4.56. The number of hydrogen-bond acceptors (Lipinski definition) is 5. The highest BCUT2D eigenvalue weighted by Crippen LogP contribution is 2.30. The number of nitrogens with zero attached hydrogens (tertiary/aromatic N) is 4. The molecule has 4 aromatic rings. The first-order valence-electron chi connectivity index (χ1n) is 10.4. The smallest absolute Gasteiger partial charge is 0.332 e. The van der Waals surface area contributed by atoms with E-state index < -0.39 is 19.3 Å². The molecule has 0 spiro atoms. The van der Waals surface area contributed by atoms with E-state index in [1.165, 1.54) is 4.57 Å². The van der Waals surface area contributed by atoms with Gasteiger partial charge in [0.05, 0.1) is 5.02 Å². The first-order valence-corrected chi connectivity index (χ1v) is 14.8. The Bertz CT molecular complexity index is 1420. The third-order valence-corrected chi connectivity index (χ3v) is 7.33. The zero-order chi connectivity index (χ0) is 23.8. The van der Waals surface area contributed by atoms with Crippen molar-refractivity contribution in [2.75, 3.05) is 6.61 Å². The van der Waals surface area contributed by atoms with Gasteiger partial charge in [0.1, 0.15) is 12.4 Å². The quantitative estimate of drug-likeness (QED) is 0.294. The van der Waals surface area contributed by atoms with E-state index in [9.17, 15) is 9.59 Å². The molecule has 0 aliphatic carbocycles. The molecule has 4 rings (SSSR count). The number of imidazole rings is 1. The number of hydrogen-bond donors (Lipinski definition) is 1. The number of halogens is 2. The van der Waals surface area contributed by atoms with E-state index >= 15 is 0 Å². The van der Waals surface area contributed by atoms with Crippen molar-refractivity contribution in [3.63, 3.8) is 0 Å². The molecule has 0 bridgehead atoms. The highest BCUT2D eigenvalue weighted by molar-refractivity contribution is 6.76. The van der Waals surface area contributed by atoms with E-state index in [2.05, 4.69) is 34.6 Å². The first-order chi connectivity index (χ1) is 15.7. The first kappa shape index (κ1) is 23.4. The lowest BCUT2D eigenvalue weighted by molar-refractivity contribution is 0.0865. The highest BCUT2D eigenvalue weighted by atomic mass is 35.5. The average Bonchev–Trinajstić information content (AvgIpc) is 3.14. The van der Waals surface area contributed by atoms with Crippen LogP contribution in [0.5, 0.6) is 0 Å². The van der Waals surface area contributed by atoms with E-state index in [1.807, 2.05) is 0 Å². The molecule has 8 nitrogen and oxygen atoms in total. The summed E-state index contributed by atoms with van der Waals surface area (Å²) in [6.07, 6.45) is 1.59. The normalized spacial score (nSPS) is 11.9.